The van der Waals surface area contributed by atoms with Gasteiger partial charge >= 0.3 is 5.97 Å². The molecule has 1 amide bonds. The number of benzene rings is 4. The van der Waals surface area contributed by atoms with Crippen LogP contribution >= 0.6 is 0 Å². The minimum atomic E-state index is -1.05. The molecule has 0 aliphatic heterocycles. The summed E-state index contributed by atoms with van der Waals surface area (Å²) >= 11 is 0. The van der Waals surface area contributed by atoms with Gasteiger partial charge in [0, 0.05) is 6.54 Å². The number of ether oxygens (including phenoxy) is 1. The van der Waals surface area contributed by atoms with E-state index >= 15 is 0 Å². The van der Waals surface area contributed by atoms with Gasteiger partial charge in [0.1, 0.15) is 5.60 Å². The largest absolute Gasteiger partial charge is 0.456 e. The van der Waals surface area contributed by atoms with Gasteiger partial charge in [0.05, 0.1) is 12.1 Å². The Bertz CT molecular complexity index is 1270. The third kappa shape index (κ3) is 7.19. The molecule has 0 heterocycles. The Balaban J connectivity index is 1.47. The van der Waals surface area contributed by atoms with Gasteiger partial charge < -0.3 is 10.1 Å². The third-order valence-corrected chi connectivity index (χ3v) is 6.04. The molecular formula is C33H34N2O4. The molecule has 2 N–H and O–H groups in total. The molecule has 0 spiro atoms. The van der Waals surface area contributed by atoms with Crippen LogP contribution in [-0.4, -0.2) is 24.0 Å². The van der Waals surface area contributed by atoms with Crippen LogP contribution in [0.5, 0.6) is 0 Å². The molecule has 200 valence electrons. The lowest BCUT2D eigenvalue weighted by atomic mass is 9.80. The molecule has 4 rings (SSSR count). The summed E-state index contributed by atoms with van der Waals surface area (Å²) in [5.74, 6) is -0.708. The summed E-state index contributed by atoms with van der Waals surface area (Å²) in [7, 11) is 0. The van der Waals surface area contributed by atoms with Crippen LogP contribution in [0, 0.1) is 0 Å². The van der Waals surface area contributed by atoms with Gasteiger partial charge in [-0.2, -0.15) is 0 Å². The number of hydroxylamine groups is 1. The summed E-state index contributed by atoms with van der Waals surface area (Å²) in [5.41, 5.74) is 5.04. The van der Waals surface area contributed by atoms with Gasteiger partial charge in [0.2, 0.25) is 0 Å². The standard InChI is InChI=1S/C33H34N2O4/c1-32(2,3)38-31(37)26-15-13-14-25(22-26)23-34-24-30(36)35-39-33(27-16-7-4-8-17-27,28-18-9-5-10-19-28)29-20-11-6-12-21-29/h4-22,34H,23-24H2,1-3H3,(H,35,36). The molecule has 6 heteroatoms. The highest BCUT2D eigenvalue weighted by atomic mass is 16.7. The van der Waals surface area contributed by atoms with Crippen LogP contribution in [0.25, 0.3) is 0 Å². The van der Waals surface area contributed by atoms with Crippen LogP contribution in [0.4, 0.5) is 0 Å². The van der Waals surface area contributed by atoms with E-state index in [4.69, 9.17) is 9.57 Å². The summed E-state index contributed by atoms with van der Waals surface area (Å²) in [6.45, 7) is 5.91. The highest BCUT2D eigenvalue weighted by Crippen LogP contribution is 2.39. The van der Waals surface area contributed by atoms with Crippen molar-refractivity contribution in [3.8, 4) is 0 Å². The normalized spacial score (nSPS) is 11.6. The number of rotatable bonds is 10. The van der Waals surface area contributed by atoms with E-state index in [9.17, 15) is 9.59 Å². The molecule has 0 aliphatic carbocycles. The first-order chi connectivity index (χ1) is 18.8. The zero-order valence-electron chi connectivity index (χ0n) is 22.5. The van der Waals surface area contributed by atoms with Gasteiger partial charge in [-0.25, -0.2) is 10.3 Å². The maximum atomic E-state index is 12.9. The molecule has 0 saturated carbocycles. The van der Waals surface area contributed by atoms with Crippen molar-refractivity contribution in [2.45, 2.75) is 38.5 Å². The molecule has 39 heavy (non-hydrogen) atoms. The second-order valence-corrected chi connectivity index (χ2v) is 10.2. The van der Waals surface area contributed by atoms with Crippen molar-refractivity contribution in [3.05, 3.63) is 143 Å². The number of carbonyl (C=O) groups is 2. The van der Waals surface area contributed by atoms with Crippen LogP contribution in [0.15, 0.2) is 115 Å². The topological polar surface area (TPSA) is 76.7 Å². The van der Waals surface area contributed by atoms with Crippen molar-refractivity contribution in [1.29, 1.82) is 0 Å². The fourth-order valence-electron chi connectivity index (χ4n) is 4.33. The number of nitrogens with one attached hydrogen (secondary N) is 2. The second-order valence-electron chi connectivity index (χ2n) is 10.2. The maximum Gasteiger partial charge on any atom is 0.338 e. The van der Waals surface area contributed by atoms with Crippen LogP contribution in [-0.2, 0) is 26.5 Å². The predicted octanol–water partition coefficient (Wildman–Crippen LogP) is 5.77. The Kier molecular flexibility index (Phi) is 8.92. The Labute approximate surface area is 229 Å². The summed E-state index contributed by atoms with van der Waals surface area (Å²) in [4.78, 5) is 31.7. The SMILES string of the molecule is CC(C)(C)OC(=O)c1cccc(CNCC(=O)NOC(c2ccccc2)(c2ccccc2)c2ccccc2)c1. The number of hydrogen-bond acceptors (Lipinski definition) is 5. The maximum absolute atomic E-state index is 12.9. The van der Waals surface area contributed by atoms with Crippen LogP contribution < -0.4 is 10.8 Å². The Morgan fingerprint density at radius 1 is 0.692 bits per heavy atom. The van der Waals surface area contributed by atoms with Crippen molar-refractivity contribution in [3.63, 3.8) is 0 Å². The van der Waals surface area contributed by atoms with Crippen LogP contribution in [0.2, 0.25) is 0 Å². The molecule has 0 saturated heterocycles. The molecule has 4 aromatic rings. The predicted molar refractivity (Wildman–Crippen MR) is 152 cm³/mol. The fraction of sp³-hybridized carbons (Fsp3) is 0.212. The quantitative estimate of drug-likeness (QED) is 0.157. The highest BCUT2D eigenvalue weighted by Gasteiger charge is 2.39. The zero-order chi connectivity index (χ0) is 27.7. The minimum absolute atomic E-state index is 0.0190. The molecule has 0 aromatic heterocycles. The lowest BCUT2D eigenvalue weighted by Gasteiger charge is -2.35. The van der Waals surface area contributed by atoms with E-state index in [1.54, 1.807) is 18.2 Å². The van der Waals surface area contributed by atoms with Gasteiger partial charge in [-0.05, 0) is 55.2 Å². The van der Waals surface area contributed by atoms with Crippen LogP contribution in [0.1, 0.15) is 53.4 Å². The van der Waals surface area contributed by atoms with Gasteiger partial charge in [0.25, 0.3) is 5.91 Å². The van der Waals surface area contributed by atoms with Crippen molar-refractivity contribution < 1.29 is 19.2 Å². The van der Waals surface area contributed by atoms with Crippen molar-refractivity contribution in [2.24, 2.45) is 0 Å². The minimum Gasteiger partial charge on any atom is -0.456 e. The number of carbonyl (C=O) groups excluding carboxylic acids is 2. The Hall–Kier alpha value is -4.26. The summed E-state index contributed by atoms with van der Waals surface area (Å²) in [6.07, 6.45) is 0. The van der Waals surface area contributed by atoms with Crippen LogP contribution in [0.3, 0.4) is 0 Å². The smallest absolute Gasteiger partial charge is 0.338 e. The second kappa shape index (κ2) is 12.5. The number of hydrogen-bond donors (Lipinski definition) is 2. The van der Waals surface area contributed by atoms with E-state index in [0.29, 0.717) is 12.1 Å². The van der Waals surface area contributed by atoms with E-state index in [0.717, 1.165) is 22.3 Å². The number of amides is 1. The average Bonchev–Trinajstić information content (AvgIpc) is 2.94. The fourth-order valence-corrected chi connectivity index (χ4v) is 4.33. The molecule has 0 radical (unpaired) electrons. The van der Waals surface area contributed by atoms with E-state index in [2.05, 4.69) is 10.8 Å². The van der Waals surface area contributed by atoms with Crippen molar-refractivity contribution >= 4 is 11.9 Å². The Morgan fingerprint density at radius 2 is 1.21 bits per heavy atom. The van der Waals surface area contributed by atoms with Gasteiger partial charge in [-0.1, -0.05) is 103 Å². The van der Waals surface area contributed by atoms with E-state index in [1.165, 1.54) is 0 Å². The van der Waals surface area contributed by atoms with E-state index in [-0.39, 0.29) is 18.4 Å². The molecule has 0 unspecified atom stereocenters. The third-order valence-electron chi connectivity index (χ3n) is 6.04. The van der Waals surface area contributed by atoms with E-state index in [1.807, 2.05) is 118 Å². The summed E-state index contributed by atoms with van der Waals surface area (Å²) < 4.78 is 5.45. The first-order valence-electron chi connectivity index (χ1n) is 12.9. The van der Waals surface area contributed by atoms with Gasteiger partial charge in [-0.3, -0.25) is 9.63 Å². The summed E-state index contributed by atoms with van der Waals surface area (Å²) in [5, 5.41) is 3.13. The molecule has 6 nitrogen and oxygen atoms in total. The first kappa shape index (κ1) is 27.8. The van der Waals surface area contributed by atoms with Gasteiger partial charge in [0.15, 0.2) is 5.60 Å². The highest BCUT2D eigenvalue weighted by molar-refractivity contribution is 5.89. The molecule has 0 bridgehead atoms. The lowest BCUT2D eigenvalue weighted by molar-refractivity contribution is -0.142. The molecular weight excluding hydrogens is 488 g/mol. The Morgan fingerprint density at radius 3 is 1.69 bits per heavy atom. The molecule has 4 aromatic carbocycles. The molecule has 0 aliphatic rings. The zero-order valence-corrected chi connectivity index (χ0v) is 22.5. The van der Waals surface area contributed by atoms with Gasteiger partial charge in [-0.15, -0.1) is 0 Å². The monoisotopic (exact) mass is 522 g/mol. The molecule has 0 fully saturated rings. The lowest BCUT2D eigenvalue weighted by Crippen LogP contribution is -2.43. The number of esters is 1. The van der Waals surface area contributed by atoms with Crippen molar-refractivity contribution in [2.75, 3.05) is 6.54 Å². The van der Waals surface area contributed by atoms with Crippen molar-refractivity contribution in [1.82, 2.24) is 10.8 Å². The molecule has 0 atom stereocenters. The first-order valence-corrected chi connectivity index (χ1v) is 12.9. The average molecular weight is 523 g/mol. The van der Waals surface area contributed by atoms with E-state index < -0.39 is 11.2 Å². The summed E-state index contributed by atoms with van der Waals surface area (Å²) in [6, 6.07) is 36.7.